The Morgan fingerprint density at radius 3 is 2.00 bits per heavy atom. The summed E-state index contributed by atoms with van der Waals surface area (Å²) < 4.78 is 9.79. The molecule has 0 amide bonds. The number of nitrogens with zero attached hydrogens (tertiary/aromatic N) is 3. The number of nitrogens with one attached hydrogen (secondary N) is 1. The van der Waals surface area contributed by atoms with E-state index in [4.69, 9.17) is 24.5 Å². The number of aliphatic imine (C=N–C) groups is 3. The van der Waals surface area contributed by atoms with Gasteiger partial charge < -0.3 is 19.6 Å². The molecule has 0 saturated carbocycles. The van der Waals surface area contributed by atoms with Gasteiger partial charge in [-0.25, -0.2) is 15.0 Å². The number of aromatic amines is 1. The zero-order chi connectivity index (χ0) is 31.7. The molecule has 0 spiro atoms. The fourth-order valence-electron chi connectivity index (χ4n) is 5.68. The van der Waals surface area contributed by atoms with Gasteiger partial charge in [0.2, 0.25) is 0 Å². The first kappa shape index (κ1) is 30.3. The predicted octanol–water partition coefficient (Wildman–Crippen LogP) is 3.94. The quantitative estimate of drug-likeness (QED) is 0.362. The van der Waals surface area contributed by atoms with Crippen molar-refractivity contribution in [1.82, 2.24) is 4.98 Å². The lowest BCUT2D eigenvalue weighted by Gasteiger charge is -2.08. The van der Waals surface area contributed by atoms with E-state index >= 15 is 0 Å². The zero-order valence-electron chi connectivity index (χ0n) is 25.6. The Morgan fingerprint density at radius 2 is 1.36 bits per heavy atom. The standard InChI is InChI=1S/C34H34N4O6/c1-17-21(7-9-33(41)43-5)29-14-30-22(8-10-34(42)44-6)18(2)27(36-30)12-31-24(16-40)20(4)28(38-31)13-32-23(15-39)19(3)26(37-32)11-25(17)35-29/h11-16,38,40H,7-10H2,1-6H3/b24-16-,25-11?,30-14?,31-12?,32-13?. The number of H-pyrrole nitrogens is 1. The molecule has 1 aromatic heterocycles. The molecule has 0 atom stereocenters. The number of aliphatic hydroxyl groups excluding tert-OH is 1. The minimum atomic E-state index is -0.334. The first-order valence-electron chi connectivity index (χ1n) is 14.3. The largest absolute Gasteiger partial charge is 0.515 e. The van der Waals surface area contributed by atoms with E-state index in [0.29, 0.717) is 74.5 Å². The molecular formula is C34H34N4O6. The number of hydrogen-bond acceptors (Lipinski definition) is 9. The van der Waals surface area contributed by atoms with Crippen LogP contribution in [-0.2, 0) is 23.9 Å². The third kappa shape index (κ3) is 5.50. The summed E-state index contributed by atoms with van der Waals surface area (Å²) >= 11 is 0. The van der Waals surface area contributed by atoms with Crippen LogP contribution in [0.2, 0.25) is 0 Å². The second-order valence-electron chi connectivity index (χ2n) is 10.9. The molecule has 226 valence electrons. The summed E-state index contributed by atoms with van der Waals surface area (Å²) in [6, 6.07) is 0. The van der Waals surface area contributed by atoms with Crippen LogP contribution in [0.25, 0.3) is 18.4 Å². The maximum atomic E-state index is 12.2. The molecule has 8 bridgehead atoms. The molecule has 0 unspecified atom stereocenters. The van der Waals surface area contributed by atoms with Crippen LogP contribution in [0.15, 0.2) is 77.7 Å². The summed E-state index contributed by atoms with van der Waals surface area (Å²) in [7, 11) is 2.72. The molecule has 2 N–H and O–H groups in total. The maximum absolute atomic E-state index is 12.2. The summed E-state index contributed by atoms with van der Waals surface area (Å²) in [6.45, 7) is 7.61. The molecule has 1 aromatic rings. The van der Waals surface area contributed by atoms with E-state index in [0.717, 1.165) is 40.4 Å². The summed E-state index contributed by atoms with van der Waals surface area (Å²) in [5, 5.41) is 11.4. The molecule has 5 rings (SSSR count). The minimum Gasteiger partial charge on any atom is -0.515 e. The van der Waals surface area contributed by atoms with Crippen molar-refractivity contribution in [3.05, 3.63) is 84.5 Å². The highest BCUT2D eigenvalue weighted by Crippen LogP contribution is 2.35. The maximum Gasteiger partial charge on any atom is 0.305 e. The second-order valence-corrected chi connectivity index (χ2v) is 10.9. The number of ether oxygens (including phenoxy) is 2. The van der Waals surface area contributed by atoms with Gasteiger partial charge in [0.15, 0.2) is 6.29 Å². The van der Waals surface area contributed by atoms with Crippen LogP contribution in [0.4, 0.5) is 0 Å². The Kier molecular flexibility index (Phi) is 8.44. The average molecular weight is 595 g/mol. The molecule has 4 aliphatic heterocycles. The van der Waals surface area contributed by atoms with Crippen molar-refractivity contribution in [3.63, 3.8) is 0 Å². The van der Waals surface area contributed by atoms with Gasteiger partial charge in [0.1, 0.15) is 0 Å². The molecule has 0 aliphatic carbocycles. The van der Waals surface area contributed by atoms with Crippen molar-refractivity contribution in [2.24, 2.45) is 15.0 Å². The summed E-state index contributed by atoms with van der Waals surface area (Å²) in [5.41, 5.74) is 9.83. The molecule has 5 heterocycles. The normalized spacial score (nSPS) is 18.0. The number of aromatic nitrogens is 1. The second kappa shape index (κ2) is 12.2. The van der Waals surface area contributed by atoms with Crippen molar-refractivity contribution < 1.29 is 29.0 Å². The highest BCUT2D eigenvalue weighted by atomic mass is 16.5. The number of allylic oxidation sites excluding steroid dienone is 8. The van der Waals surface area contributed by atoms with E-state index < -0.39 is 0 Å². The average Bonchev–Trinajstić information content (AvgIpc) is 3.67. The zero-order valence-corrected chi connectivity index (χ0v) is 25.6. The number of carbonyl (C=O) groups is 3. The highest BCUT2D eigenvalue weighted by molar-refractivity contribution is 6.24. The lowest BCUT2D eigenvalue weighted by atomic mass is 9.96. The van der Waals surface area contributed by atoms with Gasteiger partial charge in [0.05, 0.1) is 60.1 Å². The van der Waals surface area contributed by atoms with Crippen LogP contribution in [0.5, 0.6) is 0 Å². The van der Waals surface area contributed by atoms with Crippen molar-refractivity contribution in [3.8, 4) is 0 Å². The fraction of sp³-hybridized carbons (Fsp3) is 0.294. The van der Waals surface area contributed by atoms with Crippen LogP contribution in [-0.4, -0.2) is 59.7 Å². The Hall–Kier alpha value is -5.12. The third-order valence-electron chi connectivity index (χ3n) is 8.42. The Labute approximate surface area is 254 Å². The van der Waals surface area contributed by atoms with Crippen molar-refractivity contribution in [1.29, 1.82) is 0 Å². The van der Waals surface area contributed by atoms with E-state index in [-0.39, 0.29) is 24.8 Å². The van der Waals surface area contributed by atoms with Crippen molar-refractivity contribution in [2.75, 3.05) is 14.2 Å². The van der Waals surface area contributed by atoms with Gasteiger partial charge in [-0.2, -0.15) is 0 Å². The molecule has 0 aromatic carbocycles. The van der Waals surface area contributed by atoms with Gasteiger partial charge in [0.25, 0.3) is 0 Å². The molecule has 10 nitrogen and oxygen atoms in total. The monoisotopic (exact) mass is 594 g/mol. The van der Waals surface area contributed by atoms with Crippen LogP contribution >= 0.6 is 0 Å². The molecule has 0 fully saturated rings. The Balaban J connectivity index is 1.79. The fourth-order valence-corrected chi connectivity index (χ4v) is 5.68. The number of hydrogen-bond donors (Lipinski definition) is 2. The van der Waals surface area contributed by atoms with Gasteiger partial charge in [0, 0.05) is 29.3 Å². The van der Waals surface area contributed by atoms with E-state index in [2.05, 4.69) is 4.98 Å². The molecule has 0 saturated heterocycles. The molecular weight excluding hydrogens is 560 g/mol. The molecule has 44 heavy (non-hydrogen) atoms. The summed E-state index contributed by atoms with van der Waals surface area (Å²) in [5.74, 6) is -0.665. The minimum absolute atomic E-state index is 0.168. The first-order chi connectivity index (χ1) is 21.1. The molecule has 0 radical (unpaired) electrons. The van der Waals surface area contributed by atoms with Crippen LogP contribution in [0, 0.1) is 6.92 Å². The van der Waals surface area contributed by atoms with Crippen LogP contribution in [0.1, 0.15) is 57.7 Å². The van der Waals surface area contributed by atoms with Gasteiger partial charge in [-0.3, -0.25) is 14.4 Å². The van der Waals surface area contributed by atoms with Crippen LogP contribution in [0.3, 0.4) is 0 Å². The summed E-state index contributed by atoms with van der Waals surface area (Å²) in [6.07, 6.45) is 10.3. The van der Waals surface area contributed by atoms with Gasteiger partial charge >= 0.3 is 11.9 Å². The number of fused-ring (bicyclic) bond motifs is 5. The number of aldehydes is 1. The number of methoxy groups -OCH3 is 2. The lowest BCUT2D eigenvalue weighted by molar-refractivity contribution is -0.141. The number of esters is 2. The van der Waals surface area contributed by atoms with Crippen molar-refractivity contribution in [2.45, 2.75) is 53.4 Å². The van der Waals surface area contributed by atoms with E-state index in [9.17, 15) is 19.5 Å². The predicted molar refractivity (Wildman–Crippen MR) is 169 cm³/mol. The van der Waals surface area contributed by atoms with Crippen LogP contribution < -0.4 is 10.6 Å². The number of aliphatic hydroxyl groups is 1. The number of carbonyl (C=O) groups excluding carboxylic acids is 3. The smallest absolute Gasteiger partial charge is 0.305 e. The van der Waals surface area contributed by atoms with Gasteiger partial charge in [-0.05, 0) is 98.3 Å². The van der Waals surface area contributed by atoms with Gasteiger partial charge in [-0.1, -0.05) is 0 Å². The molecule has 4 aliphatic rings. The lowest BCUT2D eigenvalue weighted by Crippen LogP contribution is -2.25. The van der Waals surface area contributed by atoms with Crippen molar-refractivity contribution >= 4 is 53.8 Å². The van der Waals surface area contributed by atoms with Gasteiger partial charge in [-0.15, -0.1) is 0 Å². The SMILES string of the molecule is COC(=O)CCC1=C(C)C2=NC1=CC1=NC(=CC3=NC(=Cc4[nH]c(/c(=C\O)c4C)=C2)C(C=O)=C3C)C(C)=C1CCC(=O)OC. The molecule has 10 heteroatoms. The Morgan fingerprint density at radius 1 is 0.773 bits per heavy atom. The van der Waals surface area contributed by atoms with E-state index in [1.807, 2.05) is 45.9 Å². The first-order valence-corrected chi connectivity index (χ1v) is 14.3. The Bertz CT molecular complexity index is 1920. The third-order valence-corrected chi connectivity index (χ3v) is 8.42. The summed E-state index contributed by atoms with van der Waals surface area (Å²) in [4.78, 5) is 54.5. The number of rotatable bonds is 7. The highest BCUT2D eigenvalue weighted by Gasteiger charge is 2.27. The van der Waals surface area contributed by atoms with E-state index in [1.165, 1.54) is 14.2 Å². The topological polar surface area (TPSA) is 143 Å². The van der Waals surface area contributed by atoms with E-state index in [1.54, 1.807) is 6.08 Å².